The molecule has 1 aliphatic rings. The quantitative estimate of drug-likeness (QED) is 0.498. The molecule has 0 aliphatic carbocycles. The lowest BCUT2D eigenvalue weighted by Gasteiger charge is -2.11. The van der Waals surface area contributed by atoms with E-state index in [9.17, 15) is 4.79 Å². The van der Waals surface area contributed by atoms with Crippen LogP contribution >= 0.6 is 11.3 Å². The van der Waals surface area contributed by atoms with Crippen molar-refractivity contribution in [2.75, 3.05) is 18.0 Å². The Hall–Kier alpha value is -2.99. The van der Waals surface area contributed by atoms with Crippen molar-refractivity contribution in [3.63, 3.8) is 0 Å². The van der Waals surface area contributed by atoms with Gasteiger partial charge in [-0.3, -0.25) is 4.79 Å². The molecule has 1 saturated heterocycles. The molecule has 1 fully saturated rings. The van der Waals surface area contributed by atoms with E-state index in [0.717, 1.165) is 40.6 Å². The summed E-state index contributed by atoms with van der Waals surface area (Å²) in [6, 6.07) is 20.3. The zero-order chi connectivity index (χ0) is 19.6. The monoisotopic (exact) mass is 402 g/mol. The third kappa shape index (κ3) is 3.56. The van der Waals surface area contributed by atoms with Gasteiger partial charge in [-0.15, -0.1) is 0 Å². The van der Waals surface area contributed by atoms with Gasteiger partial charge in [0.25, 0.3) is 5.56 Å². The number of aromatic nitrogens is 3. The van der Waals surface area contributed by atoms with Gasteiger partial charge in [-0.1, -0.05) is 72.0 Å². The van der Waals surface area contributed by atoms with E-state index in [1.807, 2.05) is 48.5 Å². The minimum absolute atomic E-state index is 0.0997. The molecule has 4 aromatic rings. The first-order valence-electron chi connectivity index (χ1n) is 10.1. The molecule has 29 heavy (non-hydrogen) atoms. The number of benzene rings is 2. The van der Waals surface area contributed by atoms with Gasteiger partial charge in [-0.25, -0.2) is 9.67 Å². The fraction of sp³-hybridized carbons (Fsp3) is 0.261. The average Bonchev–Trinajstić information content (AvgIpc) is 3.45. The number of fused-ring (bicyclic) bond motifs is 1. The van der Waals surface area contributed by atoms with Crippen molar-refractivity contribution in [2.24, 2.45) is 0 Å². The molecule has 6 heteroatoms. The summed E-state index contributed by atoms with van der Waals surface area (Å²) >= 11 is 1.59. The zero-order valence-corrected chi connectivity index (χ0v) is 16.9. The third-order valence-electron chi connectivity index (χ3n) is 5.37. The molecule has 0 radical (unpaired) electrons. The van der Waals surface area contributed by atoms with Crippen molar-refractivity contribution < 1.29 is 0 Å². The number of rotatable bonds is 5. The van der Waals surface area contributed by atoms with E-state index in [4.69, 9.17) is 10.1 Å². The Bertz CT molecular complexity index is 1180. The summed E-state index contributed by atoms with van der Waals surface area (Å²) in [7, 11) is 0. The van der Waals surface area contributed by atoms with Gasteiger partial charge in [0.05, 0.1) is 4.70 Å². The fourth-order valence-corrected chi connectivity index (χ4v) is 4.92. The van der Waals surface area contributed by atoms with E-state index >= 15 is 0 Å². The largest absolute Gasteiger partial charge is 0.348 e. The summed E-state index contributed by atoms with van der Waals surface area (Å²) in [6.07, 6.45) is 3.12. The van der Waals surface area contributed by atoms with Gasteiger partial charge in [-0.2, -0.15) is 5.10 Å². The molecule has 5 nitrogen and oxygen atoms in total. The van der Waals surface area contributed by atoms with Crippen LogP contribution in [0.2, 0.25) is 0 Å². The Morgan fingerprint density at radius 3 is 2.34 bits per heavy atom. The summed E-state index contributed by atoms with van der Waals surface area (Å²) < 4.78 is 2.48. The lowest BCUT2D eigenvalue weighted by atomic mass is 10.1. The molecule has 3 heterocycles. The van der Waals surface area contributed by atoms with Crippen molar-refractivity contribution in [1.29, 1.82) is 0 Å². The van der Waals surface area contributed by atoms with Crippen molar-refractivity contribution in [3.8, 4) is 11.3 Å². The lowest BCUT2D eigenvalue weighted by Crippen LogP contribution is -2.25. The maximum atomic E-state index is 13.2. The van der Waals surface area contributed by atoms with Gasteiger partial charge < -0.3 is 4.90 Å². The smallest absolute Gasteiger partial charge is 0.294 e. The first kappa shape index (κ1) is 18.1. The molecule has 5 rings (SSSR count). The van der Waals surface area contributed by atoms with Gasteiger partial charge in [0.15, 0.2) is 10.6 Å². The fourth-order valence-electron chi connectivity index (χ4n) is 3.81. The third-order valence-corrected chi connectivity index (χ3v) is 6.49. The number of nitrogens with zero attached hydrogens (tertiary/aromatic N) is 4. The van der Waals surface area contributed by atoms with Crippen LogP contribution in [0.4, 0.5) is 5.13 Å². The van der Waals surface area contributed by atoms with E-state index in [1.165, 1.54) is 18.4 Å². The van der Waals surface area contributed by atoms with Crippen LogP contribution in [0.3, 0.4) is 0 Å². The summed E-state index contributed by atoms with van der Waals surface area (Å²) in [4.78, 5) is 20.2. The van der Waals surface area contributed by atoms with E-state index < -0.39 is 0 Å². The van der Waals surface area contributed by atoms with E-state index in [1.54, 1.807) is 16.0 Å². The maximum absolute atomic E-state index is 13.2. The molecule has 0 saturated carbocycles. The Morgan fingerprint density at radius 1 is 0.931 bits per heavy atom. The molecule has 2 aromatic heterocycles. The first-order valence-corrected chi connectivity index (χ1v) is 10.9. The summed E-state index contributed by atoms with van der Waals surface area (Å²) in [5, 5.41) is 5.72. The van der Waals surface area contributed by atoms with Crippen molar-refractivity contribution in [1.82, 2.24) is 14.8 Å². The standard InChI is InChI=1S/C23H22N4OS/c28-22-20-21(29-23(24-20)26-14-7-8-15-26)19(18-11-5-2-6-12-18)25-27(22)16-13-17-9-3-1-4-10-17/h1-6,9-12H,7-8,13-16H2. The van der Waals surface area contributed by atoms with Crippen molar-refractivity contribution in [2.45, 2.75) is 25.8 Å². The Morgan fingerprint density at radius 2 is 1.62 bits per heavy atom. The minimum Gasteiger partial charge on any atom is -0.348 e. The van der Waals surface area contributed by atoms with Crippen LogP contribution in [-0.2, 0) is 13.0 Å². The predicted molar refractivity (Wildman–Crippen MR) is 119 cm³/mol. The predicted octanol–water partition coefficient (Wildman–Crippen LogP) is 4.36. The van der Waals surface area contributed by atoms with Crippen LogP contribution in [0.15, 0.2) is 65.5 Å². The van der Waals surface area contributed by atoms with E-state index in [2.05, 4.69) is 17.0 Å². The van der Waals surface area contributed by atoms with Gasteiger partial charge in [-0.05, 0) is 24.8 Å². The molecule has 0 N–H and O–H groups in total. The molecular formula is C23H22N4OS. The lowest BCUT2D eigenvalue weighted by molar-refractivity contribution is 0.586. The van der Waals surface area contributed by atoms with Crippen LogP contribution in [-0.4, -0.2) is 27.9 Å². The highest BCUT2D eigenvalue weighted by atomic mass is 32.1. The van der Waals surface area contributed by atoms with Gasteiger partial charge in [0.2, 0.25) is 0 Å². The molecule has 1 aliphatic heterocycles. The number of hydrogen-bond acceptors (Lipinski definition) is 5. The second-order valence-corrected chi connectivity index (χ2v) is 8.32. The van der Waals surface area contributed by atoms with Crippen LogP contribution in [0, 0.1) is 0 Å². The number of thiazole rings is 1. The molecule has 0 atom stereocenters. The summed E-state index contributed by atoms with van der Waals surface area (Å²) in [5.74, 6) is 0. The maximum Gasteiger partial charge on any atom is 0.294 e. The molecule has 0 bridgehead atoms. The molecule has 0 unspecified atom stereocenters. The van der Waals surface area contributed by atoms with Gasteiger partial charge >= 0.3 is 0 Å². The van der Waals surface area contributed by atoms with Crippen LogP contribution in [0.25, 0.3) is 21.5 Å². The normalized spacial score (nSPS) is 14.0. The SMILES string of the molecule is O=c1c2nc(N3CCCC3)sc2c(-c2ccccc2)nn1CCc1ccccc1. The average molecular weight is 403 g/mol. The van der Waals surface area contributed by atoms with Crippen LogP contribution in [0.5, 0.6) is 0 Å². The molecule has 146 valence electrons. The Kier molecular flexibility index (Phi) is 4.86. The van der Waals surface area contributed by atoms with Gasteiger partial charge in [0.1, 0.15) is 5.69 Å². The first-order chi connectivity index (χ1) is 14.3. The van der Waals surface area contributed by atoms with E-state index in [0.29, 0.717) is 12.1 Å². The van der Waals surface area contributed by atoms with Crippen LogP contribution in [0.1, 0.15) is 18.4 Å². The van der Waals surface area contributed by atoms with Gasteiger partial charge in [0, 0.05) is 25.2 Å². The summed E-state index contributed by atoms with van der Waals surface area (Å²) in [5.41, 5.74) is 3.49. The Labute approximate surface area is 173 Å². The van der Waals surface area contributed by atoms with E-state index in [-0.39, 0.29) is 5.56 Å². The summed E-state index contributed by atoms with van der Waals surface area (Å²) in [6.45, 7) is 2.56. The van der Waals surface area contributed by atoms with Crippen LogP contribution < -0.4 is 10.5 Å². The van der Waals surface area contributed by atoms with Crippen molar-refractivity contribution in [3.05, 3.63) is 76.6 Å². The molecule has 0 amide bonds. The second kappa shape index (κ2) is 7.79. The molecular weight excluding hydrogens is 380 g/mol. The second-order valence-electron chi connectivity index (χ2n) is 7.35. The highest BCUT2D eigenvalue weighted by Gasteiger charge is 2.21. The minimum atomic E-state index is -0.0997. The number of hydrogen-bond donors (Lipinski definition) is 0. The number of anilines is 1. The van der Waals surface area contributed by atoms with Crippen molar-refractivity contribution >= 4 is 26.7 Å². The molecule has 2 aromatic carbocycles. The Balaban J connectivity index is 1.61. The highest BCUT2D eigenvalue weighted by molar-refractivity contribution is 7.22. The zero-order valence-electron chi connectivity index (χ0n) is 16.1. The number of aryl methyl sites for hydroxylation is 2. The highest BCUT2D eigenvalue weighted by Crippen LogP contribution is 2.34. The topological polar surface area (TPSA) is 51.0 Å². The molecule has 0 spiro atoms.